The molecule has 0 aliphatic carbocycles. The van der Waals surface area contributed by atoms with E-state index in [2.05, 4.69) is 53.9 Å². The fraction of sp³-hybridized carbons (Fsp3) is 0.550. The number of nitrogens with zero attached hydrogens (tertiary/aromatic N) is 3. The highest BCUT2D eigenvalue weighted by atomic mass is 16.5. The summed E-state index contributed by atoms with van der Waals surface area (Å²) in [4.78, 5) is 2.38. The number of morpholine rings is 1. The fourth-order valence-corrected chi connectivity index (χ4v) is 3.65. The molecule has 0 saturated carbocycles. The van der Waals surface area contributed by atoms with Crippen molar-refractivity contribution in [3.63, 3.8) is 0 Å². The van der Waals surface area contributed by atoms with Crippen molar-refractivity contribution in [2.75, 3.05) is 44.4 Å². The van der Waals surface area contributed by atoms with E-state index in [1.54, 1.807) is 0 Å². The summed E-state index contributed by atoms with van der Waals surface area (Å²) in [6.45, 7) is 9.60. The van der Waals surface area contributed by atoms with Gasteiger partial charge in [-0.05, 0) is 30.0 Å². The first-order valence-corrected chi connectivity index (χ1v) is 9.32. The average Bonchev–Trinajstić information content (AvgIpc) is 3.32. The van der Waals surface area contributed by atoms with Gasteiger partial charge in [0.1, 0.15) is 0 Å². The summed E-state index contributed by atoms with van der Waals surface area (Å²) in [5.41, 5.74) is 4.93. The summed E-state index contributed by atoms with van der Waals surface area (Å²) in [5, 5.41) is 4.89. The van der Waals surface area contributed by atoms with Crippen LogP contribution in [0.25, 0.3) is 11.1 Å². The highest BCUT2D eigenvalue weighted by Crippen LogP contribution is 2.32. The Bertz CT molecular complexity index is 696. The second-order valence-electron chi connectivity index (χ2n) is 7.23. The van der Waals surface area contributed by atoms with Gasteiger partial charge in [0.05, 0.1) is 31.6 Å². The van der Waals surface area contributed by atoms with E-state index in [4.69, 9.17) is 14.6 Å². The van der Waals surface area contributed by atoms with Crippen molar-refractivity contribution in [3.05, 3.63) is 36.2 Å². The van der Waals surface area contributed by atoms with Gasteiger partial charge in [-0.1, -0.05) is 26.0 Å². The first kappa shape index (κ1) is 16.6. The smallest absolute Gasteiger partial charge is 0.0774 e. The predicted molar refractivity (Wildman–Crippen MR) is 99.3 cm³/mol. The van der Waals surface area contributed by atoms with Crippen LogP contribution in [0.5, 0.6) is 0 Å². The molecule has 134 valence electrons. The van der Waals surface area contributed by atoms with Crippen molar-refractivity contribution in [3.8, 4) is 11.1 Å². The van der Waals surface area contributed by atoms with E-state index in [-0.39, 0.29) is 0 Å². The second kappa shape index (κ2) is 7.18. The van der Waals surface area contributed by atoms with Crippen molar-refractivity contribution in [2.45, 2.75) is 32.2 Å². The number of hydrogen-bond donors (Lipinski definition) is 0. The largest absolute Gasteiger partial charge is 0.379 e. The summed E-state index contributed by atoms with van der Waals surface area (Å²) in [6.07, 6.45) is 3.26. The Kier molecular flexibility index (Phi) is 4.77. The third kappa shape index (κ3) is 3.44. The summed E-state index contributed by atoms with van der Waals surface area (Å²) in [7, 11) is 0. The topological polar surface area (TPSA) is 39.5 Å². The van der Waals surface area contributed by atoms with E-state index < -0.39 is 0 Å². The molecule has 0 bridgehead atoms. The Labute approximate surface area is 149 Å². The Morgan fingerprint density at radius 3 is 2.44 bits per heavy atom. The van der Waals surface area contributed by atoms with Crippen molar-refractivity contribution in [2.24, 2.45) is 0 Å². The molecule has 0 radical (unpaired) electrons. The predicted octanol–water partition coefficient (Wildman–Crippen LogP) is 3.47. The lowest BCUT2D eigenvalue weighted by atomic mass is 10.00. The molecule has 2 aliphatic heterocycles. The molecule has 1 aromatic heterocycles. The van der Waals surface area contributed by atoms with E-state index in [9.17, 15) is 0 Å². The second-order valence-corrected chi connectivity index (χ2v) is 7.23. The maximum Gasteiger partial charge on any atom is 0.0774 e. The molecule has 1 aromatic carbocycles. The van der Waals surface area contributed by atoms with Crippen LogP contribution < -0.4 is 4.90 Å². The summed E-state index contributed by atoms with van der Waals surface area (Å²) in [6, 6.07) is 9.27. The quantitative estimate of drug-likeness (QED) is 0.854. The molecule has 2 aromatic rings. The molecule has 2 saturated heterocycles. The van der Waals surface area contributed by atoms with Gasteiger partial charge in [-0.25, -0.2) is 0 Å². The van der Waals surface area contributed by atoms with Gasteiger partial charge in [-0.15, -0.1) is 0 Å². The molecule has 1 atom stereocenters. The Morgan fingerprint density at radius 2 is 1.80 bits per heavy atom. The van der Waals surface area contributed by atoms with Gasteiger partial charge < -0.3 is 14.4 Å². The van der Waals surface area contributed by atoms with Gasteiger partial charge in [-0.3, -0.25) is 4.68 Å². The molecule has 5 nitrogen and oxygen atoms in total. The van der Waals surface area contributed by atoms with E-state index >= 15 is 0 Å². The lowest BCUT2D eigenvalue weighted by molar-refractivity contribution is 0.122. The van der Waals surface area contributed by atoms with Gasteiger partial charge in [0.2, 0.25) is 0 Å². The zero-order valence-electron chi connectivity index (χ0n) is 15.1. The molecule has 2 aliphatic rings. The van der Waals surface area contributed by atoms with E-state index in [1.807, 2.05) is 0 Å². The zero-order chi connectivity index (χ0) is 17.2. The Morgan fingerprint density at radius 1 is 1.04 bits per heavy atom. The first-order chi connectivity index (χ1) is 12.2. The third-order valence-electron chi connectivity index (χ3n) is 5.14. The monoisotopic (exact) mass is 341 g/mol. The molecule has 0 spiro atoms. The molecular formula is C20H27N3O2. The molecule has 0 amide bonds. The van der Waals surface area contributed by atoms with Crippen LogP contribution in [0.15, 0.2) is 30.5 Å². The summed E-state index contributed by atoms with van der Waals surface area (Å²) >= 11 is 0. The van der Waals surface area contributed by atoms with E-state index in [1.165, 1.54) is 22.5 Å². The number of benzene rings is 1. The number of rotatable bonds is 4. The lowest BCUT2D eigenvalue weighted by Crippen LogP contribution is -2.36. The normalized spacial score (nSPS) is 21.2. The maximum atomic E-state index is 5.53. The minimum atomic E-state index is 0.374. The fourth-order valence-electron chi connectivity index (χ4n) is 3.65. The molecule has 5 heteroatoms. The molecule has 4 rings (SSSR count). The van der Waals surface area contributed by atoms with Crippen LogP contribution in [0.2, 0.25) is 0 Å². The SMILES string of the molecule is CC(C)c1nn(C2CCOC2)cc1-c1ccc(N2CCOCC2)cc1. The number of ether oxygens (including phenoxy) is 2. The minimum absolute atomic E-state index is 0.374. The number of hydrogen-bond acceptors (Lipinski definition) is 4. The van der Waals surface area contributed by atoms with Gasteiger partial charge in [0.15, 0.2) is 0 Å². The maximum absolute atomic E-state index is 5.53. The Balaban J connectivity index is 1.61. The molecule has 25 heavy (non-hydrogen) atoms. The summed E-state index contributed by atoms with van der Waals surface area (Å²) < 4.78 is 13.1. The molecular weight excluding hydrogens is 314 g/mol. The Hall–Kier alpha value is -1.85. The van der Waals surface area contributed by atoms with Crippen LogP contribution in [-0.2, 0) is 9.47 Å². The molecule has 3 heterocycles. The zero-order valence-corrected chi connectivity index (χ0v) is 15.1. The molecule has 2 fully saturated rings. The van der Waals surface area contributed by atoms with E-state index in [0.29, 0.717) is 12.0 Å². The number of anilines is 1. The highest BCUT2D eigenvalue weighted by molar-refractivity contribution is 5.68. The minimum Gasteiger partial charge on any atom is -0.379 e. The third-order valence-corrected chi connectivity index (χ3v) is 5.14. The van der Waals surface area contributed by atoms with Crippen LogP contribution in [0.3, 0.4) is 0 Å². The highest BCUT2D eigenvalue weighted by Gasteiger charge is 2.22. The van der Waals surface area contributed by atoms with Crippen LogP contribution in [-0.4, -0.2) is 49.3 Å². The van der Waals surface area contributed by atoms with Crippen molar-refractivity contribution < 1.29 is 9.47 Å². The van der Waals surface area contributed by atoms with Crippen molar-refractivity contribution in [1.29, 1.82) is 0 Å². The number of aromatic nitrogens is 2. The average molecular weight is 341 g/mol. The van der Waals surface area contributed by atoms with Gasteiger partial charge in [-0.2, -0.15) is 5.10 Å². The van der Waals surface area contributed by atoms with Crippen LogP contribution in [0.4, 0.5) is 5.69 Å². The standard InChI is InChI=1S/C20H27N3O2/c1-15(2)20-19(13-23(21-20)18-7-10-25-14-18)16-3-5-17(6-4-16)22-8-11-24-12-9-22/h3-6,13,15,18H,7-12,14H2,1-2H3. The van der Waals surface area contributed by atoms with Gasteiger partial charge in [0.25, 0.3) is 0 Å². The van der Waals surface area contributed by atoms with Crippen molar-refractivity contribution >= 4 is 5.69 Å². The van der Waals surface area contributed by atoms with Crippen LogP contribution >= 0.6 is 0 Å². The first-order valence-electron chi connectivity index (χ1n) is 9.32. The van der Waals surface area contributed by atoms with Gasteiger partial charge in [0, 0.05) is 37.1 Å². The summed E-state index contributed by atoms with van der Waals surface area (Å²) in [5.74, 6) is 0.400. The molecule has 0 N–H and O–H groups in total. The van der Waals surface area contributed by atoms with E-state index in [0.717, 1.165) is 45.9 Å². The van der Waals surface area contributed by atoms with Crippen LogP contribution in [0, 0.1) is 0 Å². The van der Waals surface area contributed by atoms with Crippen molar-refractivity contribution in [1.82, 2.24) is 9.78 Å². The van der Waals surface area contributed by atoms with Gasteiger partial charge >= 0.3 is 0 Å². The lowest BCUT2D eigenvalue weighted by Gasteiger charge is -2.28. The molecule has 1 unspecified atom stereocenters. The van der Waals surface area contributed by atoms with Crippen LogP contribution in [0.1, 0.15) is 37.9 Å².